The number of alkyl halides is 1. The van der Waals surface area contributed by atoms with Crippen LogP contribution in [0.25, 0.3) is 6.08 Å². The molecule has 0 saturated carbocycles. The van der Waals surface area contributed by atoms with Crippen LogP contribution in [0.2, 0.25) is 0 Å². The number of nitrogens with two attached hydrogens (primary N) is 2. The third-order valence-electron chi connectivity index (χ3n) is 1.84. The summed E-state index contributed by atoms with van der Waals surface area (Å²) in [5.41, 5.74) is 13.7. The number of nitrogens with zero attached hydrogens (tertiary/aromatic N) is 1. The van der Waals surface area contributed by atoms with Gasteiger partial charge in [-0.2, -0.15) is 0 Å². The number of pyridine rings is 1. The van der Waals surface area contributed by atoms with Crippen molar-refractivity contribution in [1.82, 2.24) is 4.98 Å². The predicted octanol–water partition coefficient (Wildman–Crippen LogP) is 1.81. The fourth-order valence-electron chi connectivity index (χ4n) is 0.993. The smallest absolute Gasteiger partial charge is 0.146 e. The van der Waals surface area contributed by atoms with Gasteiger partial charge in [0.05, 0.1) is 5.69 Å². The van der Waals surface area contributed by atoms with E-state index < -0.39 is 0 Å². The van der Waals surface area contributed by atoms with Crippen molar-refractivity contribution in [2.24, 2.45) is 0 Å². The van der Waals surface area contributed by atoms with E-state index >= 15 is 0 Å². The van der Waals surface area contributed by atoms with Gasteiger partial charge in [-0.25, -0.2) is 4.98 Å². The molecular weight excluding hydrogens is 186 g/mol. The van der Waals surface area contributed by atoms with E-state index in [0.29, 0.717) is 17.4 Å². The number of aromatic nitrogens is 1. The lowest BCUT2D eigenvalue weighted by atomic mass is 10.1. The average molecular weight is 198 g/mol. The van der Waals surface area contributed by atoms with E-state index in [9.17, 15) is 0 Å². The molecule has 0 aromatic carbocycles. The maximum Gasteiger partial charge on any atom is 0.146 e. The van der Waals surface area contributed by atoms with Crippen molar-refractivity contribution in [1.29, 1.82) is 0 Å². The minimum atomic E-state index is 0.375. The van der Waals surface area contributed by atoms with Crippen molar-refractivity contribution in [2.45, 2.75) is 6.92 Å². The van der Waals surface area contributed by atoms with E-state index in [-0.39, 0.29) is 0 Å². The summed E-state index contributed by atoms with van der Waals surface area (Å²) in [5.74, 6) is 0.851. The highest BCUT2D eigenvalue weighted by atomic mass is 35.5. The fourth-order valence-corrected chi connectivity index (χ4v) is 1.08. The molecule has 1 rings (SSSR count). The maximum absolute atomic E-state index is 5.70. The largest absolute Gasteiger partial charge is 0.396 e. The van der Waals surface area contributed by atoms with Gasteiger partial charge in [0.25, 0.3) is 0 Å². The molecule has 0 aliphatic rings. The normalized spacial score (nSPS) is 10.9. The molecule has 0 aliphatic carbocycles. The lowest BCUT2D eigenvalue weighted by Gasteiger charge is -2.05. The summed E-state index contributed by atoms with van der Waals surface area (Å²) in [7, 11) is 0. The summed E-state index contributed by atoms with van der Waals surface area (Å²) in [5, 5.41) is 0. The van der Waals surface area contributed by atoms with Gasteiger partial charge in [0.2, 0.25) is 0 Å². The molecule has 0 fully saturated rings. The van der Waals surface area contributed by atoms with Crippen LogP contribution < -0.4 is 11.5 Å². The average Bonchev–Trinajstić information content (AvgIpc) is 2.13. The topological polar surface area (TPSA) is 64.9 Å². The highest BCUT2D eigenvalue weighted by molar-refractivity contribution is 6.19. The Hall–Kier alpha value is -1.22. The molecule has 0 unspecified atom stereocenters. The first-order valence-electron chi connectivity index (χ1n) is 3.90. The Morgan fingerprint density at radius 1 is 1.54 bits per heavy atom. The molecule has 13 heavy (non-hydrogen) atoms. The number of hydrogen-bond acceptors (Lipinski definition) is 3. The molecule has 0 atom stereocenters. The summed E-state index contributed by atoms with van der Waals surface area (Å²) in [6, 6.07) is 0. The number of anilines is 2. The zero-order valence-electron chi connectivity index (χ0n) is 7.42. The van der Waals surface area contributed by atoms with Crippen molar-refractivity contribution in [3.8, 4) is 0 Å². The Morgan fingerprint density at radius 2 is 2.23 bits per heavy atom. The number of allylic oxidation sites excluding steroid dienone is 1. The molecule has 0 aliphatic heterocycles. The highest BCUT2D eigenvalue weighted by Gasteiger charge is 2.02. The lowest BCUT2D eigenvalue weighted by Crippen LogP contribution is -2.01. The molecule has 70 valence electrons. The van der Waals surface area contributed by atoms with Crippen LogP contribution in [0.4, 0.5) is 11.5 Å². The molecule has 3 nitrogen and oxygen atoms in total. The molecule has 0 bridgehead atoms. The van der Waals surface area contributed by atoms with Crippen LogP contribution in [-0.4, -0.2) is 10.9 Å². The minimum Gasteiger partial charge on any atom is -0.396 e. The Bertz CT molecular complexity index is 334. The van der Waals surface area contributed by atoms with Crippen molar-refractivity contribution in [2.75, 3.05) is 17.3 Å². The third kappa shape index (κ3) is 2.12. The number of hydrogen-bond donors (Lipinski definition) is 2. The Balaban J connectivity index is 3.11. The highest BCUT2D eigenvalue weighted by Crippen LogP contribution is 2.20. The molecule has 0 amide bonds. The molecular formula is C9H12ClN3. The Labute approximate surface area is 82.4 Å². The summed E-state index contributed by atoms with van der Waals surface area (Å²) in [6.07, 6.45) is 5.40. The van der Waals surface area contributed by atoms with Crippen molar-refractivity contribution < 1.29 is 0 Å². The van der Waals surface area contributed by atoms with Crippen LogP contribution in [0.1, 0.15) is 11.1 Å². The number of rotatable bonds is 2. The molecule has 0 spiro atoms. The van der Waals surface area contributed by atoms with Crippen molar-refractivity contribution in [3.05, 3.63) is 23.4 Å². The van der Waals surface area contributed by atoms with Gasteiger partial charge < -0.3 is 11.5 Å². The first-order valence-corrected chi connectivity index (χ1v) is 4.43. The van der Waals surface area contributed by atoms with Crippen molar-refractivity contribution in [3.63, 3.8) is 0 Å². The second kappa shape index (κ2) is 4.14. The Kier molecular flexibility index (Phi) is 3.14. The predicted molar refractivity (Wildman–Crippen MR) is 57.6 cm³/mol. The Morgan fingerprint density at radius 3 is 2.85 bits per heavy atom. The molecule has 4 N–H and O–H groups in total. The molecule has 1 aromatic heterocycles. The van der Waals surface area contributed by atoms with Gasteiger partial charge in [-0.05, 0) is 18.1 Å². The first-order chi connectivity index (χ1) is 6.16. The van der Waals surface area contributed by atoms with E-state index in [2.05, 4.69) is 4.98 Å². The molecule has 4 heteroatoms. The summed E-state index contributed by atoms with van der Waals surface area (Å²) < 4.78 is 0. The van der Waals surface area contributed by atoms with Crippen LogP contribution in [0.5, 0.6) is 0 Å². The quantitative estimate of drug-likeness (QED) is 0.711. The van der Waals surface area contributed by atoms with E-state index in [4.69, 9.17) is 23.1 Å². The van der Waals surface area contributed by atoms with Gasteiger partial charge >= 0.3 is 0 Å². The summed E-state index contributed by atoms with van der Waals surface area (Å²) >= 11 is 5.51. The maximum atomic E-state index is 5.70. The van der Waals surface area contributed by atoms with Crippen molar-refractivity contribution >= 4 is 29.2 Å². The molecule has 1 heterocycles. The van der Waals surface area contributed by atoms with Crippen LogP contribution in [0.3, 0.4) is 0 Å². The van der Waals surface area contributed by atoms with E-state index in [1.165, 1.54) is 0 Å². The molecule has 0 radical (unpaired) electrons. The fraction of sp³-hybridized carbons (Fsp3) is 0.222. The van der Waals surface area contributed by atoms with E-state index in [1.54, 1.807) is 6.20 Å². The molecule has 1 aromatic rings. The third-order valence-corrected chi connectivity index (χ3v) is 2.02. The summed E-state index contributed by atoms with van der Waals surface area (Å²) in [6.45, 7) is 1.90. The van der Waals surface area contributed by atoms with Gasteiger partial charge in [0, 0.05) is 12.1 Å². The summed E-state index contributed by atoms with van der Waals surface area (Å²) in [4.78, 5) is 3.95. The standard InChI is InChI=1S/C9H12ClN3/c1-6-7(3-2-4-10)5-13-9(12)8(6)11/h2-3,5H,4,11H2,1H3,(H2,12,13). The second-order valence-corrected chi connectivity index (χ2v) is 3.00. The number of halogens is 1. The monoisotopic (exact) mass is 197 g/mol. The van der Waals surface area contributed by atoms with Crippen LogP contribution in [0.15, 0.2) is 12.3 Å². The van der Waals surface area contributed by atoms with Gasteiger partial charge in [-0.1, -0.05) is 12.2 Å². The zero-order chi connectivity index (χ0) is 9.84. The van der Waals surface area contributed by atoms with Crippen LogP contribution in [0, 0.1) is 6.92 Å². The lowest BCUT2D eigenvalue weighted by molar-refractivity contribution is 1.28. The van der Waals surface area contributed by atoms with Gasteiger partial charge in [0.15, 0.2) is 0 Å². The minimum absolute atomic E-state index is 0.375. The SMILES string of the molecule is Cc1c(C=CCCl)cnc(N)c1N. The van der Waals surface area contributed by atoms with Gasteiger partial charge in [-0.3, -0.25) is 0 Å². The van der Waals surface area contributed by atoms with Gasteiger partial charge in [-0.15, -0.1) is 11.6 Å². The first kappa shape index (κ1) is 9.86. The zero-order valence-corrected chi connectivity index (χ0v) is 8.17. The molecule has 0 saturated heterocycles. The number of nitrogen functional groups attached to an aromatic ring is 2. The van der Waals surface area contributed by atoms with E-state index in [0.717, 1.165) is 11.1 Å². The van der Waals surface area contributed by atoms with Gasteiger partial charge in [0.1, 0.15) is 5.82 Å². The van der Waals surface area contributed by atoms with Crippen LogP contribution >= 0.6 is 11.6 Å². The second-order valence-electron chi connectivity index (χ2n) is 2.69. The van der Waals surface area contributed by atoms with Crippen LogP contribution in [-0.2, 0) is 0 Å². The van der Waals surface area contributed by atoms with E-state index in [1.807, 2.05) is 19.1 Å².